The van der Waals surface area contributed by atoms with Gasteiger partial charge in [-0.2, -0.15) is 0 Å². The standard InChI is InChI=1S/C23H23ClN4O2/c1-3-19-20(13-25-15(2)27-19)30-14-23(16-7-5-4-6-8-16)11-18(23)22(29)28-21-10-9-17(24)12-26-21/h4-10,12-13,18H,3,11,14H2,1-2H3,(H,26,28,29). The van der Waals surface area contributed by atoms with Crippen molar-refractivity contribution < 1.29 is 9.53 Å². The van der Waals surface area contributed by atoms with Crippen LogP contribution < -0.4 is 10.1 Å². The number of anilines is 1. The number of halogens is 1. The molecule has 0 bridgehead atoms. The first kappa shape index (κ1) is 20.3. The molecule has 0 radical (unpaired) electrons. The Morgan fingerprint density at radius 1 is 1.20 bits per heavy atom. The van der Waals surface area contributed by atoms with Gasteiger partial charge >= 0.3 is 0 Å². The molecule has 1 saturated carbocycles. The monoisotopic (exact) mass is 422 g/mol. The molecule has 2 heterocycles. The SMILES string of the molecule is CCc1nc(C)ncc1OCC1(c2ccccc2)CC1C(=O)Nc1ccc(Cl)cn1. The number of benzene rings is 1. The van der Waals surface area contributed by atoms with Crippen LogP contribution in [0.1, 0.15) is 30.4 Å². The molecule has 0 spiro atoms. The highest BCUT2D eigenvalue weighted by Crippen LogP contribution is 2.55. The van der Waals surface area contributed by atoms with Gasteiger partial charge in [-0.05, 0) is 37.5 Å². The predicted octanol–water partition coefficient (Wildman–Crippen LogP) is 4.37. The number of hydrogen-bond donors (Lipinski definition) is 1. The number of nitrogens with zero attached hydrogens (tertiary/aromatic N) is 3. The molecule has 2 aromatic heterocycles. The number of aryl methyl sites for hydroxylation is 2. The first-order valence-corrected chi connectivity index (χ1v) is 10.3. The van der Waals surface area contributed by atoms with Crippen LogP contribution in [0.4, 0.5) is 5.82 Å². The fourth-order valence-corrected chi connectivity index (χ4v) is 3.84. The fourth-order valence-electron chi connectivity index (χ4n) is 3.73. The third-order valence-electron chi connectivity index (χ3n) is 5.49. The largest absolute Gasteiger partial charge is 0.489 e. The molecular weight excluding hydrogens is 400 g/mol. The van der Waals surface area contributed by atoms with Gasteiger partial charge in [-0.3, -0.25) is 4.79 Å². The van der Waals surface area contributed by atoms with Gasteiger partial charge in [-0.25, -0.2) is 15.0 Å². The lowest BCUT2D eigenvalue weighted by Gasteiger charge is -2.20. The average molecular weight is 423 g/mol. The molecule has 1 aliphatic carbocycles. The zero-order valence-electron chi connectivity index (χ0n) is 16.9. The molecule has 2 atom stereocenters. The molecule has 3 aromatic rings. The summed E-state index contributed by atoms with van der Waals surface area (Å²) in [4.78, 5) is 25.9. The molecule has 1 aliphatic rings. The number of amides is 1. The molecule has 6 nitrogen and oxygen atoms in total. The molecule has 1 amide bonds. The lowest BCUT2D eigenvalue weighted by molar-refractivity contribution is -0.117. The van der Waals surface area contributed by atoms with Gasteiger partial charge in [-0.15, -0.1) is 0 Å². The minimum Gasteiger partial charge on any atom is -0.489 e. The minimum atomic E-state index is -0.395. The number of aromatic nitrogens is 3. The lowest BCUT2D eigenvalue weighted by Crippen LogP contribution is -2.27. The Bertz CT molecular complexity index is 1040. The Morgan fingerprint density at radius 2 is 2.00 bits per heavy atom. The molecule has 4 rings (SSSR count). The van der Waals surface area contributed by atoms with Crippen molar-refractivity contribution in [3.63, 3.8) is 0 Å². The van der Waals surface area contributed by atoms with Crippen molar-refractivity contribution in [1.29, 1.82) is 0 Å². The van der Waals surface area contributed by atoms with E-state index in [1.165, 1.54) is 6.20 Å². The summed E-state index contributed by atoms with van der Waals surface area (Å²) >= 11 is 5.88. The Kier molecular flexibility index (Phi) is 5.68. The molecule has 7 heteroatoms. The number of rotatable bonds is 7. The predicted molar refractivity (Wildman–Crippen MR) is 116 cm³/mol. The highest BCUT2D eigenvalue weighted by Gasteiger charge is 2.60. The second-order valence-corrected chi connectivity index (χ2v) is 7.94. The number of ether oxygens (including phenoxy) is 1. The van der Waals surface area contributed by atoms with Gasteiger partial charge in [0.15, 0.2) is 5.75 Å². The maximum absolute atomic E-state index is 13.0. The molecule has 2 unspecified atom stereocenters. The third kappa shape index (κ3) is 4.14. The number of hydrogen-bond acceptors (Lipinski definition) is 5. The maximum Gasteiger partial charge on any atom is 0.229 e. The van der Waals surface area contributed by atoms with Crippen LogP contribution in [0.25, 0.3) is 0 Å². The van der Waals surface area contributed by atoms with Gasteiger partial charge in [-0.1, -0.05) is 48.9 Å². The highest BCUT2D eigenvalue weighted by molar-refractivity contribution is 6.30. The molecule has 0 saturated heterocycles. The summed E-state index contributed by atoms with van der Waals surface area (Å²) < 4.78 is 6.17. The van der Waals surface area contributed by atoms with Gasteiger partial charge in [0.1, 0.15) is 11.6 Å². The van der Waals surface area contributed by atoms with E-state index in [1.54, 1.807) is 18.3 Å². The molecule has 30 heavy (non-hydrogen) atoms. The quantitative estimate of drug-likeness (QED) is 0.611. The van der Waals surface area contributed by atoms with Crippen molar-refractivity contribution in [2.75, 3.05) is 11.9 Å². The summed E-state index contributed by atoms with van der Waals surface area (Å²) in [5.41, 5.74) is 1.56. The summed E-state index contributed by atoms with van der Waals surface area (Å²) in [6.07, 6.45) is 4.68. The second-order valence-electron chi connectivity index (χ2n) is 7.50. The van der Waals surface area contributed by atoms with Gasteiger partial charge in [0, 0.05) is 11.6 Å². The normalized spacial score (nSPS) is 19.9. The van der Waals surface area contributed by atoms with Crippen molar-refractivity contribution in [3.8, 4) is 5.75 Å². The first-order valence-electron chi connectivity index (χ1n) is 9.95. The van der Waals surface area contributed by atoms with E-state index in [0.717, 1.165) is 23.5 Å². The summed E-state index contributed by atoms with van der Waals surface area (Å²) in [5, 5.41) is 3.42. The van der Waals surface area contributed by atoms with Gasteiger partial charge < -0.3 is 10.1 Å². The van der Waals surface area contributed by atoms with Crippen LogP contribution in [0.15, 0.2) is 54.9 Å². The maximum atomic E-state index is 13.0. The van der Waals surface area contributed by atoms with Crippen LogP contribution >= 0.6 is 11.6 Å². The Balaban J connectivity index is 1.54. The summed E-state index contributed by atoms with van der Waals surface area (Å²) in [5.74, 6) is 1.58. The van der Waals surface area contributed by atoms with Gasteiger partial charge in [0.05, 0.1) is 29.4 Å². The Hall–Kier alpha value is -2.99. The van der Waals surface area contributed by atoms with Crippen molar-refractivity contribution in [2.24, 2.45) is 5.92 Å². The van der Waals surface area contributed by atoms with Crippen LogP contribution in [0.3, 0.4) is 0 Å². The van der Waals surface area contributed by atoms with Crippen LogP contribution in [-0.4, -0.2) is 27.5 Å². The van der Waals surface area contributed by atoms with Crippen LogP contribution in [-0.2, 0) is 16.6 Å². The Labute approximate surface area is 180 Å². The van der Waals surface area contributed by atoms with Crippen LogP contribution in [0, 0.1) is 12.8 Å². The summed E-state index contributed by atoms with van der Waals surface area (Å²) in [6.45, 7) is 4.27. The molecular formula is C23H23ClN4O2. The van der Waals surface area contributed by atoms with E-state index in [4.69, 9.17) is 16.3 Å². The summed E-state index contributed by atoms with van der Waals surface area (Å²) in [6, 6.07) is 13.4. The zero-order chi connectivity index (χ0) is 21.1. The molecule has 154 valence electrons. The molecule has 1 fully saturated rings. The van der Waals surface area contributed by atoms with Gasteiger partial charge in [0.2, 0.25) is 5.91 Å². The van der Waals surface area contributed by atoms with E-state index >= 15 is 0 Å². The van der Waals surface area contributed by atoms with Crippen LogP contribution in [0.5, 0.6) is 5.75 Å². The molecule has 1 N–H and O–H groups in total. The smallest absolute Gasteiger partial charge is 0.229 e. The van der Waals surface area contributed by atoms with Gasteiger partial charge in [0.25, 0.3) is 0 Å². The zero-order valence-corrected chi connectivity index (χ0v) is 17.7. The van der Waals surface area contributed by atoms with Crippen LogP contribution in [0.2, 0.25) is 5.02 Å². The van der Waals surface area contributed by atoms with E-state index in [1.807, 2.05) is 44.2 Å². The lowest BCUT2D eigenvalue weighted by atomic mass is 9.93. The van der Waals surface area contributed by atoms with E-state index in [2.05, 4.69) is 20.3 Å². The Morgan fingerprint density at radius 3 is 2.70 bits per heavy atom. The second kappa shape index (κ2) is 8.40. The first-order chi connectivity index (χ1) is 14.5. The number of carbonyl (C=O) groups excluding carboxylic acids is 1. The van der Waals surface area contributed by atoms with E-state index in [9.17, 15) is 4.79 Å². The molecule has 1 aromatic carbocycles. The topological polar surface area (TPSA) is 77.0 Å². The fraction of sp³-hybridized carbons (Fsp3) is 0.304. The van der Waals surface area contributed by atoms with Crippen molar-refractivity contribution >= 4 is 23.3 Å². The van der Waals surface area contributed by atoms with Crippen molar-refractivity contribution in [1.82, 2.24) is 15.0 Å². The highest BCUT2D eigenvalue weighted by atomic mass is 35.5. The van der Waals surface area contributed by atoms with E-state index in [-0.39, 0.29) is 11.8 Å². The summed E-state index contributed by atoms with van der Waals surface area (Å²) in [7, 11) is 0. The van der Waals surface area contributed by atoms with Crippen molar-refractivity contribution in [3.05, 3.63) is 77.0 Å². The van der Waals surface area contributed by atoms with Crippen molar-refractivity contribution in [2.45, 2.75) is 32.1 Å². The average Bonchev–Trinajstić information content (AvgIpc) is 3.51. The third-order valence-corrected chi connectivity index (χ3v) is 5.71. The number of nitrogens with one attached hydrogen (secondary N) is 1. The van der Waals surface area contributed by atoms with E-state index < -0.39 is 5.41 Å². The van der Waals surface area contributed by atoms with E-state index in [0.29, 0.717) is 29.6 Å². The number of carbonyl (C=O) groups is 1. The number of pyridine rings is 1. The molecule has 0 aliphatic heterocycles. The minimum absolute atomic E-state index is 0.0758.